The van der Waals surface area contributed by atoms with E-state index in [1.807, 2.05) is 18.2 Å². The van der Waals surface area contributed by atoms with Gasteiger partial charge in [-0.15, -0.1) is 0 Å². The number of H-pyrrole nitrogens is 1. The number of aliphatic hydroxyl groups excluding tert-OH is 1. The minimum Gasteiger partial charge on any atom is -0.504 e. The number of carbonyl (C=O) groups is 1. The van der Waals surface area contributed by atoms with Crippen LogP contribution >= 0.6 is 0 Å². The number of anilines is 1. The Hall–Kier alpha value is -3.43. The number of hydrogen-bond acceptors (Lipinski definition) is 6. The lowest BCUT2D eigenvalue weighted by Crippen LogP contribution is -2.25. The molecule has 178 valence electrons. The molecule has 0 aliphatic heterocycles. The summed E-state index contributed by atoms with van der Waals surface area (Å²) < 4.78 is 26.8. The van der Waals surface area contributed by atoms with Crippen molar-refractivity contribution in [3.05, 3.63) is 71.6 Å². The zero-order valence-corrected chi connectivity index (χ0v) is 19.7. The maximum absolute atomic E-state index is 13.6. The molecule has 2 aromatic carbocycles. The van der Waals surface area contributed by atoms with Crippen molar-refractivity contribution < 1.29 is 18.3 Å². The molecule has 1 aromatic heterocycles. The standard InChI is InChI=1S/C25H28N4O4S/c1-27-34(32,33)20-8-4-7-19(14-20)29-23(18-10-9-17-11-12-28-22(17)13-18)25(31)24(30)21(15-26)16-5-2-3-6-16/h4,7-16,23,26-30H,2-3,5-6H2,1H3/b24-21+,26-15?. The molecule has 1 fully saturated rings. The van der Waals surface area contributed by atoms with Gasteiger partial charge in [-0.25, -0.2) is 13.1 Å². The van der Waals surface area contributed by atoms with Crippen LogP contribution in [0.15, 0.2) is 71.0 Å². The van der Waals surface area contributed by atoms with Gasteiger partial charge in [0.05, 0.1) is 4.90 Å². The largest absolute Gasteiger partial charge is 0.504 e. The van der Waals surface area contributed by atoms with E-state index in [2.05, 4.69) is 15.0 Å². The maximum Gasteiger partial charge on any atom is 0.240 e. The van der Waals surface area contributed by atoms with E-state index in [0.29, 0.717) is 16.8 Å². The van der Waals surface area contributed by atoms with Crippen LogP contribution in [-0.4, -0.2) is 37.6 Å². The number of carbonyl (C=O) groups excluding carboxylic acids is 1. The molecule has 4 rings (SSSR count). The predicted molar refractivity (Wildman–Crippen MR) is 133 cm³/mol. The van der Waals surface area contributed by atoms with Gasteiger partial charge in [-0.05, 0) is 67.1 Å². The van der Waals surface area contributed by atoms with Gasteiger partial charge in [-0.1, -0.05) is 31.0 Å². The quantitative estimate of drug-likeness (QED) is 0.175. The van der Waals surface area contributed by atoms with Crippen molar-refractivity contribution in [2.24, 2.45) is 5.92 Å². The zero-order valence-electron chi connectivity index (χ0n) is 18.8. The number of fused-ring (bicyclic) bond motifs is 1. The number of aromatic amines is 1. The lowest BCUT2D eigenvalue weighted by atomic mass is 9.92. The average Bonchev–Trinajstić information content (AvgIpc) is 3.54. The van der Waals surface area contributed by atoms with Crippen molar-refractivity contribution in [2.45, 2.75) is 36.6 Å². The van der Waals surface area contributed by atoms with E-state index in [1.165, 1.54) is 19.2 Å². The topological polar surface area (TPSA) is 135 Å². The van der Waals surface area contributed by atoms with Crippen LogP contribution in [0.5, 0.6) is 0 Å². The van der Waals surface area contributed by atoms with Crippen LogP contribution in [0, 0.1) is 11.3 Å². The average molecular weight is 481 g/mol. The second-order valence-electron chi connectivity index (χ2n) is 8.43. The summed E-state index contributed by atoms with van der Waals surface area (Å²) in [7, 11) is -2.34. The molecule has 1 aliphatic carbocycles. The Bertz CT molecular complexity index is 1350. The van der Waals surface area contributed by atoms with Crippen LogP contribution in [0.3, 0.4) is 0 Å². The molecule has 34 heavy (non-hydrogen) atoms. The van der Waals surface area contributed by atoms with Gasteiger partial charge in [0.25, 0.3) is 0 Å². The van der Waals surface area contributed by atoms with Gasteiger partial charge in [-0.2, -0.15) is 0 Å². The lowest BCUT2D eigenvalue weighted by Gasteiger charge is -2.21. The molecular weight excluding hydrogens is 452 g/mol. The first-order valence-corrected chi connectivity index (χ1v) is 12.7. The molecule has 5 N–H and O–H groups in total. The fraction of sp³-hybridized carbons (Fsp3) is 0.280. The Morgan fingerprint density at radius 2 is 1.94 bits per heavy atom. The van der Waals surface area contributed by atoms with Gasteiger partial charge in [0.2, 0.25) is 15.8 Å². The van der Waals surface area contributed by atoms with Crippen LogP contribution in [0.2, 0.25) is 0 Å². The molecule has 0 radical (unpaired) electrons. The molecule has 0 saturated heterocycles. The highest BCUT2D eigenvalue weighted by Crippen LogP contribution is 2.33. The summed E-state index contributed by atoms with van der Waals surface area (Å²) in [6, 6.07) is 12.6. The lowest BCUT2D eigenvalue weighted by molar-refractivity contribution is -0.118. The Balaban J connectivity index is 1.76. The Labute approximate surface area is 198 Å². The van der Waals surface area contributed by atoms with E-state index in [-0.39, 0.29) is 10.8 Å². The summed E-state index contributed by atoms with van der Waals surface area (Å²) >= 11 is 0. The molecule has 1 heterocycles. The number of Topliss-reactive ketones (excluding diaryl/α,β-unsaturated/α-hetero) is 1. The van der Waals surface area contributed by atoms with E-state index in [9.17, 15) is 18.3 Å². The number of nitrogens with one attached hydrogen (secondary N) is 4. The van der Waals surface area contributed by atoms with Crippen LogP contribution < -0.4 is 10.0 Å². The number of aromatic nitrogens is 1. The Morgan fingerprint density at radius 1 is 1.18 bits per heavy atom. The second kappa shape index (κ2) is 9.82. The smallest absolute Gasteiger partial charge is 0.240 e. The summed E-state index contributed by atoms with van der Waals surface area (Å²) in [5.41, 5.74) is 2.19. The van der Waals surface area contributed by atoms with E-state index >= 15 is 0 Å². The normalized spacial score (nSPS) is 16.3. The van der Waals surface area contributed by atoms with Crippen LogP contribution in [0.25, 0.3) is 10.9 Å². The summed E-state index contributed by atoms with van der Waals surface area (Å²) in [6.07, 6.45) is 6.55. The van der Waals surface area contributed by atoms with E-state index in [1.54, 1.807) is 24.4 Å². The summed E-state index contributed by atoms with van der Waals surface area (Å²) in [4.78, 5) is 16.8. The van der Waals surface area contributed by atoms with Crippen molar-refractivity contribution in [3.63, 3.8) is 0 Å². The first-order valence-electron chi connectivity index (χ1n) is 11.2. The van der Waals surface area contributed by atoms with Gasteiger partial charge in [0, 0.05) is 29.2 Å². The number of benzene rings is 2. The molecule has 9 heteroatoms. The first-order chi connectivity index (χ1) is 16.3. The molecular formula is C25H28N4O4S. The number of aliphatic hydroxyl groups is 1. The minimum atomic E-state index is -3.68. The van der Waals surface area contributed by atoms with Crippen molar-refractivity contribution in [1.29, 1.82) is 5.41 Å². The Kier molecular flexibility index (Phi) is 6.85. The summed E-state index contributed by atoms with van der Waals surface area (Å²) in [5, 5.41) is 22.9. The fourth-order valence-electron chi connectivity index (χ4n) is 4.48. The predicted octanol–water partition coefficient (Wildman–Crippen LogP) is 4.45. The molecule has 1 aliphatic rings. The number of sulfonamides is 1. The van der Waals surface area contributed by atoms with Crippen LogP contribution in [0.1, 0.15) is 37.3 Å². The molecule has 8 nitrogen and oxygen atoms in total. The van der Waals surface area contributed by atoms with Crippen molar-refractivity contribution in [2.75, 3.05) is 12.4 Å². The van der Waals surface area contributed by atoms with Crippen molar-refractivity contribution in [3.8, 4) is 0 Å². The third kappa shape index (κ3) is 4.76. The van der Waals surface area contributed by atoms with Gasteiger partial charge in [0.15, 0.2) is 5.76 Å². The monoisotopic (exact) mass is 480 g/mol. The highest BCUT2D eigenvalue weighted by Gasteiger charge is 2.30. The van der Waals surface area contributed by atoms with Gasteiger partial charge >= 0.3 is 0 Å². The van der Waals surface area contributed by atoms with Crippen molar-refractivity contribution >= 4 is 38.6 Å². The maximum atomic E-state index is 13.6. The van der Waals surface area contributed by atoms with Crippen LogP contribution in [-0.2, 0) is 14.8 Å². The SMILES string of the molecule is CNS(=O)(=O)c1cccc(NC(C(=O)/C(O)=C(/C=N)C2CCCC2)c2ccc3cc[nH]c3c2)c1. The fourth-order valence-corrected chi connectivity index (χ4v) is 5.25. The minimum absolute atomic E-state index is 0.0166. The molecule has 1 atom stereocenters. The third-order valence-corrected chi connectivity index (χ3v) is 7.77. The summed E-state index contributed by atoms with van der Waals surface area (Å²) in [6.45, 7) is 0. The number of ketones is 1. The summed E-state index contributed by atoms with van der Waals surface area (Å²) in [5.74, 6) is -1.01. The van der Waals surface area contributed by atoms with Crippen molar-refractivity contribution in [1.82, 2.24) is 9.71 Å². The molecule has 0 bridgehead atoms. The molecule has 1 saturated carbocycles. The highest BCUT2D eigenvalue weighted by atomic mass is 32.2. The van der Waals surface area contributed by atoms with Gasteiger partial charge < -0.3 is 20.8 Å². The molecule has 0 spiro atoms. The molecule has 1 unspecified atom stereocenters. The Morgan fingerprint density at radius 3 is 2.65 bits per heavy atom. The van der Waals surface area contributed by atoms with E-state index in [0.717, 1.165) is 42.8 Å². The molecule has 3 aromatic rings. The number of rotatable bonds is 9. The third-order valence-electron chi connectivity index (χ3n) is 6.36. The zero-order chi connectivity index (χ0) is 24.3. The first kappa shape index (κ1) is 23.7. The number of hydrogen-bond donors (Lipinski definition) is 5. The number of allylic oxidation sites excluding steroid dienone is 1. The van der Waals surface area contributed by atoms with Gasteiger partial charge in [0.1, 0.15) is 6.04 Å². The van der Waals surface area contributed by atoms with E-state index in [4.69, 9.17) is 5.41 Å². The van der Waals surface area contributed by atoms with E-state index < -0.39 is 27.6 Å². The second-order valence-corrected chi connectivity index (χ2v) is 10.3. The van der Waals surface area contributed by atoms with Crippen LogP contribution in [0.4, 0.5) is 5.69 Å². The highest BCUT2D eigenvalue weighted by molar-refractivity contribution is 7.89. The molecule has 0 amide bonds. The van der Waals surface area contributed by atoms with Gasteiger partial charge in [-0.3, -0.25) is 4.79 Å².